The third kappa shape index (κ3) is 7.61. The maximum absolute atomic E-state index is 12.9. The van der Waals surface area contributed by atoms with Crippen molar-refractivity contribution in [2.75, 3.05) is 0 Å². The number of rotatable bonds is 10. The van der Waals surface area contributed by atoms with Crippen molar-refractivity contribution in [2.45, 2.75) is 25.3 Å². The maximum Gasteiger partial charge on any atom is 0.380 e. The number of thiazole rings is 1. The smallest absolute Gasteiger partial charge is 0.371 e. The van der Waals surface area contributed by atoms with Crippen LogP contribution in [0.5, 0.6) is 5.75 Å². The molecular formula is C24H22ClN3O4S3. The van der Waals surface area contributed by atoms with Crippen molar-refractivity contribution in [1.82, 2.24) is 10.3 Å². The minimum Gasteiger partial charge on any atom is -0.371 e. The zero-order valence-corrected chi connectivity index (χ0v) is 21.6. The Balaban J connectivity index is 1.49. The van der Waals surface area contributed by atoms with E-state index in [0.29, 0.717) is 24.3 Å². The van der Waals surface area contributed by atoms with Gasteiger partial charge in [-0.2, -0.15) is 13.6 Å². The summed E-state index contributed by atoms with van der Waals surface area (Å²) in [7, 11) is -4.10. The number of aryl methyl sites for hydroxylation is 1. The molecule has 182 valence electrons. The lowest BCUT2D eigenvalue weighted by Gasteiger charge is -2.18. The van der Waals surface area contributed by atoms with Gasteiger partial charge in [0.05, 0.1) is 16.6 Å². The predicted molar refractivity (Wildman–Crippen MR) is 140 cm³/mol. The zero-order chi connectivity index (χ0) is 24.8. The summed E-state index contributed by atoms with van der Waals surface area (Å²) in [6.07, 6.45) is 1.34. The van der Waals surface area contributed by atoms with E-state index in [2.05, 4.69) is 5.32 Å². The average Bonchev–Trinajstić information content (AvgIpc) is 3.50. The van der Waals surface area contributed by atoms with Crippen LogP contribution in [0.4, 0.5) is 0 Å². The van der Waals surface area contributed by atoms with Gasteiger partial charge in [-0.25, -0.2) is 4.98 Å². The number of hydrogen-bond donors (Lipinski definition) is 2. The molecule has 7 nitrogen and oxygen atoms in total. The molecule has 0 radical (unpaired) electrons. The van der Waals surface area contributed by atoms with E-state index in [1.165, 1.54) is 23.5 Å². The lowest BCUT2D eigenvalue weighted by molar-refractivity contribution is -0.121. The van der Waals surface area contributed by atoms with Gasteiger partial charge in [0.1, 0.15) is 10.8 Å². The minimum absolute atomic E-state index is 0.102. The van der Waals surface area contributed by atoms with E-state index in [4.69, 9.17) is 25.9 Å². The van der Waals surface area contributed by atoms with E-state index in [9.17, 15) is 13.2 Å². The Kier molecular flexibility index (Phi) is 8.19. The molecule has 4 rings (SSSR count). The molecule has 2 heterocycles. The summed E-state index contributed by atoms with van der Waals surface area (Å²) in [6.45, 7) is 0. The highest BCUT2D eigenvalue weighted by atomic mass is 35.5. The number of nitrogens with zero attached hydrogens (tertiary/aromatic N) is 1. The number of hydrogen-bond acceptors (Lipinski definition) is 7. The molecule has 0 saturated heterocycles. The number of thiophene rings is 1. The summed E-state index contributed by atoms with van der Waals surface area (Å²) in [5, 5.41) is 13.5. The monoisotopic (exact) mass is 547 g/mol. The Hall–Kier alpha value is -2.76. The van der Waals surface area contributed by atoms with Crippen molar-refractivity contribution in [2.24, 2.45) is 5.14 Å². The lowest BCUT2D eigenvalue weighted by Crippen LogP contribution is -2.30. The SMILES string of the molecule is NS(=O)(=O)Oc1ccc(C[C@H](NC(=O)CCc2cccc(Cl)c2)c2csc(-c3cccs3)n2)cc1. The predicted octanol–water partition coefficient (Wildman–Crippen LogP) is 5.14. The molecule has 0 fully saturated rings. The largest absolute Gasteiger partial charge is 0.380 e. The number of amides is 1. The van der Waals surface area contributed by atoms with Crippen LogP contribution < -0.4 is 14.6 Å². The van der Waals surface area contributed by atoms with E-state index in [-0.39, 0.29) is 17.7 Å². The number of nitrogens with one attached hydrogen (secondary N) is 1. The van der Waals surface area contributed by atoms with Gasteiger partial charge >= 0.3 is 10.3 Å². The number of aromatic nitrogens is 1. The molecule has 35 heavy (non-hydrogen) atoms. The molecule has 0 saturated carbocycles. The average molecular weight is 548 g/mol. The Morgan fingerprint density at radius 2 is 1.89 bits per heavy atom. The van der Waals surface area contributed by atoms with Crippen LogP contribution in [-0.2, 0) is 27.9 Å². The van der Waals surface area contributed by atoms with Crippen LogP contribution in [0.1, 0.15) is 29.3 Å². The van der Waals surface area contributed by atoms with Gasteiger partial charge < -0.3 is 9.50 Å². The number of carbonyl (C=O) groups is 1. The zero-order valence-electron chi connectivity index (χ0n) is 18.4. The first-order valence-corrected chi connectivity index (χ1v) is 14.2. The summed E-state index contributed by atoms with van der Waals surface area (Å²) in [4.78, 5) is 18.7. The fraction of sp³-hybridized carbons (Fsp3) is 0.167. The molecule has 0 aliphatic heterocycles. The quantitative estimate of drug-likeness (QED) is 0.285. The molecule has 4 aromatic rings. The number of carbonyl (C=O) groups excluding carboxylic acids is 1. The number of nitrogens with two attached hydrogens (primary N) is 1. The Morgan fingerprint density at radius 1 is 1.09 bits per heavy atom. The van der Waals surface area contributed by atoms with Gasteiger partial charge in [-0.15, -0.1) is 22.7 Å². The normalized spacial score (nSPS) is 12.3. The van der Waals surface area contributed by atoms with Gasteiger partial charge in [-0.1, -0.05) is 41.9 Å². The molecule has 0 aliphatic carbocycles. The summed E-state index contributed by atoms with van der Waals surface area (Å²) in [5.41, 5.74) is 2.63. The summed E-state index contributed by atoms with van der Waals surface area (Å²) in [6, 6.07) is 17.6. The molecule has 0 spiro atoms. The van der Waals surface area contributed by atoms with Gasteiger partial charge in [-0.05, 0) is 59.7 Å². The van der Waals surface area contributed by atoms with E-state index in [0.717, 1.165) is 26.7 Å². The molecule has 11 heteroatoms. The van der Waals surface area contributed by atoms with Crippen LogP contribution in [0, 0.1) is 0 Å². The van der Waals surface area contributed by atoms with E-state index >= 15 is 0 Å². The topological polar surface area (TPSA) is 111 Å². The molecule has 1 amide bonds. The fourth-order valence-corrected chi connectivity index (χ4v) is 5.74. The van der Waals surface area contributed by atoms with Crippen molar-refractivity contribution >= 4 is 50.5 Å². The third-order valence-corrected chi connectivity index (χ3v) is 7.61. The molecule has 0 unspecified atom stereocenters. The fourth-order valence-electron chi connectivity index (χ4n) is 3.46. The second-order valence-corrected chi connectivity index (χ2v) is 11.1. The lowest BCUT2D eigenvalue weighted by atomic mass is 10.0. The van der Waals surface area contributed by atoms with Crippen LogP contribution >= 0.6 is 34.3 Å². The van der Waals surface area contributed by atoms with Crippen LogP contribution in [0.25, 0.3) is 9.88 Å². The van der Waals surface area contributed by atoms with Gasteiger partial charge in [0.25, 0.3) is 0 Å². The minimum atomic E-state index is -4.10. The molecule has 3 N–H and O–H groups in total. The van der Waals surface area contributed by atoms with Gasteiger partial charge in [0, 0.05) is 16.8 Å². The second kappa shape index (κ2) is 11.3. The van der Waals surface area contributed by atoms with E-state index in [1.54, 1.807) is 29.5 Å². The van der Waals surface area contributed by atoms with Crippen molar-refractivity contribution in [1.29, 1.82) is 0 Å². The standard InChI is InChI=1S/C24H22ClN3O4S3/c25-18-4-1-3-16(13-18)8-11-23(29)27-20(21-15-34-24(28-21)22-5-2-12-33-22)14-17-6-9-19(10-7-17)32-35(26,30)31/h1-7,9-10,12-13,15,20H,8,11,14H2,(H,27,29)(H2,26,30,31)/t20-/m0/s1. The van der Waals surface area contributed by atoms with Gasteiger partial charge in [-0.3, -0.25) is 4.79 Å². The van der Waals surface area contributed by atoms with E-state index < -0.39 is 10.3 Å². The highest BCUT2D eigenvalue weighted by Gasteiger charge is 2.20. The maximum atomic E-state index is 12.9. The van der Waals surface area contributed by atoms with Gasteiger partial charge in [0.15, 0.2) is 0 Å². The van der Waals surface area contributed by atoms with Crippen LogP contribution in [0.3, 0.4) is 0 Å². The van der Waals surface area contributed by atoms with Crippen molar-refractivity contribution in [3.05, 3.63) is 93.3 Å². The van der Waals surface area contributed by atoms with Crippen molar-refractivity contribution in [3.63, 3.8) is 0 Å². The first-order valence-electron chi connectivity index (χ1n) is 10.6. The summed E-state index contributed by atoms with van der Waals surface area (Å²) in [5.74, 6) is 0.0156. The molecule has 2 aromatic heterocycles. The van der Waals surface area contributed by atoms with Crippen LogP contribution in [-0.4, -0.2) is 19.3 Å². The first kappa shape index (κ1) is 25.3. The second-order valence-electron chi connectivity index (χ2n) is 7.73. The summed E-state index contributed by atoms with van der Waals surface area (Å²) >= 11 is 9.18. The molecule has 1 atom stereocenters. The first-order chi connectivity index (χ1) is 16.7. The highest BCUT2D eigenvalue weighted by Crippen LogP contribution is 2.31. The molecule has 2 aromatic carbocycles. The van der Waals surface area contributed by atoms with Crippen LogP contribution in [0.15, 0.2) is 71.4 Å². The summed E-state index contributed by atoms with van der Waals surface area (Å²) < 4.78 is 27.0. The third-order valence-electron chi connectivity index (χ3n) is 5.05. The Morgan fingerprint density at radius 3 is 2.57 bits per heavy atom. The Bertz CT molecular complexity index is 1390. The highest BCUT2D eigenvalue weighted by molar-refractivity contribution is 7.84. The molecule has 0 bridgehead atoms. The van der Waals surface area contributed by atoms with Crippen molar-refractivity contribution < 1.29 is 17.4 Å². The number of benzene rings is 2. The Labute approximate surface area is 216 Å². The van der Waals surface area contributed by atoms with Gasteiger partial charge in [0.2, 0.25) is 5.91 Å². The van der Waals surface area contributed by atoms with Crippen LogP contribution in [0.2, 0.25) is 5.02 Å². The van der Waals surface area contributed by atoms with E-state index in [1.807, 2.05) is 41.1 Å². The molecule has 0 aliphatic rings. The van der Waals surface area contributed by atoms with Crippen molar-refractivity contribution in [3.8, 4) is 15.6 Å². The number of halogens is 1. The molecular weight excluding hydrogens is 526 g/mol.